The highest BCUT2D eigenvalue weighted by atomic mass is 32.2. The molecule has 2 aromatic carbocycles. The molecule has 146 valence electrons. The van der Waals surface area contributed by atoms with Gasteiger partial charge in [-0.3, -0.25) is 4.90 Å². The van der Waals surface area contributed by atoms with Gasteiger partial charge in [-0.25, -0.2) is 8.42 Å². The summed E-state index contributed by atoms with van der Waals surface area (Å²) in [5, 5.41) is 1.27. The minimum absolute atomic E-state index is 0.178. The van der Waals surface area contributed by atoms with Gasteiger partial charge in [-0.15, -0.1) is 0 Å². The van der Waals surface area contributed by atoms with Gasteiger partial charge < -0.3 is 9.72 Å². The molecule has 0 radical (unpaired) electrons. The Morgan fingerprint density at radius 3 is 2.71 bits per heavy atom. The van der Waals surface area contributed by atoms with Crippen LogP contribution >= 0.6 is 0 Å². The smallest absolute Gasteiger partial charge is 0.179 e. The first-order valence-electron chi connectivity index (χ1n) is 9.62. The number of sulfone groups is 1. The quantitative estimate of drug-likeness (QED) is 0.719. The number of para-hydroxylation sites is 1. The summed E-state index contributed by atoms with van der Waals surface area (Å²) in [5.41, 5.74) is 6.13. The zero-order chi connectivity index (χ0) is 19.6. The maximum Gasteiger partial charge on any atom is 0.179 e. The molecule has 0 bridgehead atoms. The Labute approximate surface area is 165 Å². The molecule has 2 aliphatic rings. The van der Waals surface area contributed by atoms with Crippen LogP contribution in [0.3, 0.4) is 0 Å². The van der Waals surface area contributed by atoms with Crippen LogP contribution in [0.15, 0.2) is 41.3 Å². The molecule has 1 N–H and O–H groups in total. The lowest BCUT2D eigenvalue weighted by Gasteiger charge is -2.45. The van der Waals surface area contributed by atoms with E-state index in [1.165, 1.54) is 41.1 Å². The summed E-state index contributed by atoms with van der Waals surface area (Å²) < 4.78 is 30.1. The fraction of sp³-hybridized carbons (Fsp3) is 0.364. The summed E-state index contributed by atoms with van der Waals surface area (Å²) in [6.07, 6.45) is 3.02. The van der Waals surface area contributed by atoms with Gasteiger partial charge in [0.15, 0.2) is 9.84 Å². The van der Waals surface area contributed by atoms with Crippen molar-refractivity contribution in [2.75, 3.05) is 13.4 Å². The van der Waals surface area contributed by atoms with Gasteiger partial charge in [-0.05, 0) is 54.7 Å². The predicted octanol–water partition coefficient (Wildman–Crippen LogP) is 3.62. The molecule has 1 unspecified atom stereocenters. The zero-order valence-corrected chi connectivity index (χ0v) is 17.1. The summed E-state index contributed by atoms with van der Waals surface area (Å²) in [6.45, 7) is 3.11. The second-order valence-electron chi connectivity index (χ2n) is 8.05. The monoisotopic (exact) mass is 396 g/mol. The molecule has 6 heteroatoms. The van der Waals surface area contributed by atoms with Crippen LogP contribution in [0, 0.1) is 0 Å². The zero-order valence-electron chi connectivity index (χ0n) is 16.3. The highest BCUT2D eigenvalue weighted by Gasteiger charge is 2.38. The third-order valence-electron chi connectivity index (χ3n) is 6.31. The molecule has 1 aromatic heterocycles. The number of nitrogens with one attached hydrogen (secondary N) is 1. The van der Waals surface area contributed by atoms with Gasteiger partial charge in [-0.2, -0.15) is 0 Å². The lowest BCUT2D eigenvalue weighted by Crippen LogP contribution is -2.45. The Balaban J connectivity index is 1.68. The second-order valence-corrected chi connectivity index (χ2v) is 10.0. The number of rotatable bonds is 2. The van der Waals surface area contributed by atoms with Crippen molar-refractivity contribution in [1.29, 1.82) is 0 Å². The number of hydrogen-bond acceptors (Lipinski definition) is 4. The molecule has 5 nitrogen and oxygen atoms in total. The number of ether oxygens (including phenoxy) is 1. The Bertz CT molecular complexity index is 1200. The van der Waals surface area contributed by atoms with Crippen LogP contribution in [0.4, 0.5) is 0 Å². The van der Waals surface area contributed by atoms with E-state index in [1.54, 1.807) is 0 Å². The number of nitrogens with zero attached hydrogens (tertiary/aromatic N) is 1. The normalized spacial score (nSPS) is 21.8. The van der Waals surface area contributed by atoms with Crippen molar-refractivity contribution in [3.05, 3.63) is 58.8 Å². The molecule has 2 atom stereocenters. The molecule has 0 spiro atoms. The lowest BCUT2D eigenvalue weighted by molar-refractivity contribution is 0.104. The first-order valence-corrected chi connectivity index (χ1v) is 11.5. The molecular formula is C22H24N2O3S. The molecule has 0 aliphatic carbocycles. The summed E-state index contributed by atoms with van der Waals surface area (Å²) in [5.74, 6) is 0.450. The van der Waals surface area contributed by atoms with Crippen molar-refractivity contribution in [2.45, 2.75) is 43.3 Å². The standard InChI is InChI=1S/C22H24N2O3S/c1-13-8-14-9-21(27-2)22(28(3,25)26)11-16(14)20-10-17-15-6-4-5-7-18(15)23-19(17)12-24(13)20/h4-7,9,11,13,20,23H,8,10,12H2,1-3H3/t13?,20-/m0/s1. The average Bonchev–Trinajstić information content (AvgIpc) is 3.03. The average molecular weight is 397 g/mol. The third-order valence-corrected chi connectivity index (χ3v) is 7.42. The lowest BCUT2D eigenvalue weighted by atomic mass is 9.82. The fourth-order valence-corrected chi connectivity index (χ4v) is 5.82. The van der Waals surface area contributed by atoms with Gasteiger partial charge in [-0.1, -0.05) is 18.2 Å². The number of H-pyrrole nitrogens is 1. The maximum absolute atomic E-state index is 12.4. The molecule has 3 heterocycles. The van der Waals surface area contributed by atoms with Gasteiger partial charge in [0.25, 0.3) is 0 Å². The molecule has 2 aliphatic heterocycles. The van der Waals surface area contributed by atoms with Crippen LogP contribution in [0.1, 0.15) is 35.3 Å². The highest BCUT2D eigenvalue weighted by Crippen LogP contribution is 2.44. The first-order chi connectivity index (χ1) is 13.4. The maximum atomic E-state index is 12.4. The van der Waals surface area contributed by atoms with E-state index in [-0.39, 0.29) is 10.9 Å². The molecule has 0 amide bonds. The SMILES string of the molecule is COc1cc2c(cc1S(C)(=O)=O)[C@@H]1Cc3c([nH]c4ccccc34)CN1C(C)C2. The Kier molecular flexibility index (Phi) is 3.87. The van der Waals surface area contributed by atoms with E-state index in [1.807, 2.05) is 12.1 Å². The minimum Gasteiger partial charge on any atom is -0.495 e. The van der Waals surface area contributed by atoms with Crippen molar-refractivity contribution in [1.82, 2.24) is 9.88 Å². The summed E-state index contributed by atoms with van der Waals surface area (Å²) in [4.78, 5) is 6.37. The molecule has 5 rings (SSSR count). The van der Waals surface area contributed by atoms with Gasteiger partial charge in [0.05, 0.1) is 7.11 Å². The largest absolute Gasteiger partial charge is 0.495 e. The molecule has 28 heavy (non-hydrogen) atoms. The third kappa shape index (κ3) is 2.58. The summed E-state index contributed by atoms with van der Waals surface area (Å²) in [7, 11) is -1.83. The Morgan fingerprint density at radius 2 is 1.96 bits per heavy atom. The highest BCUT2D eigenvalue weighted by molar-refractivity contribution is 7.90. The minimum atomic E-state index is -3.36. The second kappa shape index (κ2) is 6.09. The summed E-state index contributed by atoms with van der Waals surface area (Å²) in [6, 6.07) is 12.8. The summed E-state index contributed by atoms with van der Waals surface area (Å²) >= 11 is 0. The van der Waals surface area contributed by atoms with E-state index in [2.05, 4.69) is 41.1 Å². The van der Waals surface area contributed by atoms with Crippen molar-refractivity contribution in [3.63, 3.8) is 0 Å². The van der Waals surface area contributed by atoms with E-state index < -0.39 is 9.84 Å². The molecule has 0 saturated carbocycles. The number of benzene rings is 2. The van der Waals surface area contributed by atoms with E-state index in [4.69, 9.17) is 4.74 Å². The van der Waals surface area contributed by atoms with Crippen LogP contribution in [0.5, 0.6) is 5.75 Å². The molecular weight excluding hydrogens is 372 g/mol. The fourth-order valence-electron chi connectivity index (χ4n) is 4.97. The molecule has 0 fully saturated rings. The number of fused-ring (bicyclic) bond motifs is 6. The van der Waals surface area contributed by atoms with Crippen molar-refractivity contribution < 1.29 is 13.2 Å². The molecule has 0 saturated heterocycles. The van der Waals surface area contributed by atoms with Gasteiger partial charge in [0.2, 0.25) is 0 Å². The number of hydrogen-bond donors (Lipinski definition) is 1. The van der Waals surface area contributed by atoms with Crippen LogP contribution in [0.25, 0.3) is 10.9 Å². The van der Waals surface area contributed by atoms with Gasteiger partial charge in [0, 0.05) is 41.5 Å². The van der Waals surface area contributed by atoms with Crippen LogP contribution < -0.4 is 4.74 Å². The van der Waals surface area contributed by atoms with Gasteiger partial charge >= 0.3 is 0 Å². The predicted molar refractivity (Wildman–Crippen MR) is 110 cm³/mol. The van der Waals surface area contributed by atoms with Crippen molar-refractivity contribution in [3.8, 4) is 5.75 Å². The van der Waals surface area contributed by atoms with Crippen LogP contribution in [-0.2, 0) is 29.2 Å². The number of aromatic nitrogens is 1. The van der Waals surface area contributed by atoms with E-state index >= 15 is 0 Å². The number of methoxy groups -OCH3 is 1. The number of aromatic amines is 1. The van der Waals surface area contributed by atoms with Gasteiger partial charge in [0.1, 0.15) is 10.6 Å². The van der Waals surface area contributed by atoms with Crippen LogP contribution in [0.2, 0.25) is 0 Å². The first kappa shape index (κ1) is 17.8. The van der Waals surface area contributed by atoms with E-state index in [0.29, 0.717) is 11.8 Å². The van der Waals surface area contributed by atoms with Crippen molar-refractivity contribution in [2.24, 2.45) is 0 Å². The van der Waals surface area contributed by atoms with E-state index in [0.717, 1.165) is 24.9 Å². The Morgan fingerprint density at radius 1 is 1.18 bits per heavy atom. The topological polar surface area (TPSA) is 62.4 Å². The molecule has 3 aromatic rings. The van der Waals surface area contributed by atoms with Crippen LogP contribution in [-0.4, -0.2) is 37.7 Å². The Hall–Kier alpha value is -2.31. The van der Waals surface area contributed by atoms with Crippen molar-refractivity contribution >= 4 is 20.7 Å². The van der Waals surface area contributed by atoms with E-state index in [9.17, 15) is 8.42 Å².